The van der Waals surface area contributed by atoms with E-state index in [0.29, 0.717) is 23.9 Å². The highest BCUT2D eigenvalue weighted by Gasteiger charge is 2.19. The van der Waals surface area contributed by atoms with Crippen LogP contribution in [0.25, 0.3) is 0 Å². The predicted octanol–water partition coefficient (Wildman–Crippen LogP) is 2.26. The van der Waals surface area contributed by atoms with E-state index in [1.54, 1.807) is 12.1 Å². The summed E-state index contributed by atoms with van der Waals surface area (Å²) in [6, 6.07) is 7.15. The van der Waals surface area contributed by atoms with Crippen LogP contribution in [0.4, 0.5) is 0 Å². The zero-order valence-corrected chi connectivity index (χ0v) is 12.9. The first-order chi connectivity index (χ1) is 9.63. The third-order valence-electron chi connectivity index (χ3n) is 3.95. The Morgan fingerprint density at radius 2 is 1.90 bits per heavy atom. The van der Waals surface area contributed by atoms with E-state index in [1.807, 2.05) is 19.2 Å². The Labute approximate surface area is 122 Å². The molecule has 1 aliphatic carbocycles. The quantitative estimate of drug-likeness (QED) is 0.811. The molecule has 1 aromatic carbocycles. The molecule has 0 heterocycles. The van der Waals surface area contributed by atoms with Gasteiger partial charge in [-0.05, 0) is 31.0 Å². The van der Waals surface area contributed by atoms with Gasteiger partial charge in [-0.15, -0.1) is 0 Å². The van der Waals surface area contributed by atoms with Crippen LogP contribution in [-0.4, -0.2) is 22.0 Å². The van der Waals surface area contributed by atoms with Gasteiger partial charge in [0.25, 0.3) is 0 Å². The molecule has 0 bridgehead atoms. The maximum atomic E-state index is 12.4. The first-order valence-electron chi connectivity index (χ1n) is 7.35. The highest BCUT2D eigenvalue weighted by atomic mass is 32.2. The standard InChI is InChI=1S/C15H24N2O2S/c1-16-12-14-8-4-5-9-15(14)20(18,19)17-11-10-13-6-2-3-7-13/h4-5,8-9,13,16-17H,2-3,6-7,10-12H2,1H3. The molecule has 0 amide bonds. The Morgan fingerprint density at radius 1 is 1.20 bits per heavy atom. The molecule has 1 aliphatic rings. The first-order valence-corrected chi connectivity index (χ1v) is 8.84. The van der Waals surface area contributed by atoms with Crippen LogP contribution in [0.15, 0.2) is 29.2 Å². The largest absolute Gasteiger partial charge is 0.316 e. The summed E-state index contributed by atoms with van der Waals surface area (Å²) in [7, 11) is -1.58. The second-order valence-electron chi connectivity index (χ2n) is 5.47. The minimum absolute atomic E-state index is 0.390. The minimum Gasteiger partial charge on any atom is -0.316 e. The summed E-state index contributed by atoms with van der Waals surface area (Å²) in [6.07, 6.45) is 6.04. The lowest BCUT2D eigenvalue weighted by atomic mass is 10.1. The smallest absolute Gasteiger partial charge is 0.240 e. The second-order valence-corrected chi connectivity index (χ2v) is 7.21. The Hall–Kier alpha value is -0.910. The van der Waals surface area contributed by atoms with Gasteiger partial charge in [-0.25, -0.2) is 13.1 Å². The fourth-order valence-corrected chi connectivity index (χ4v) is 4.16. The SMILES string of the molecule is CNCc1ccccc1S(=O)(=O)NCCC1CCCC1. The topological polar surface area (TPSA) is 58.2 Å². The summed E-state index contributed by atoms with van der Waals surface area (Å²) in [5.41, 5.74) is 0.809. The Morgan fingerprint density at radius 3 is 2.60 bits per heavy atom. The summed E-state index contributed by atoms with van der Waals surface area (Å²) in [5.74, 6) is 0.699. The molecule has 5 heteroatoms. The molecule has 0 radical (unpaired) electrons. The summed E-state index contributed by atoms with van der Waals surface area (Å²) in [4.78, 5) is 0.390. The molecule has 0 atom stereocenters. The third kappa shape index (κ3) is 4.04. The molecule has 1 aromatic rings. The van der Waals surface area contributed by atoms with Gasteiger partial charge in [0, 0.05) is 13.1 Å². The van der Waals surface area contributed by atoms with Crippen molar-refractivity contribution in [2.75, 3.05) is 13.6 Å². The van der Waals surface area contributed by atoms with Crippen LogP contribution in [0.3, 0.4) is 0 Å². The van der Waals surface area contributed by atoms with Gasteiger partial charge < -0.3 is 5.32 Å². The van der Waals surface area contributed by atoms with E-state index in [-0.39, 0.29) is 0 Å². The molecule has 0 spiro atoms. The third-order valence-corrected chi connectivity index (χ3v) is 5.51. The molecule has 0 aromatic heterocycles. The van der Waals surface area contributed by atoms with Crippen LogP contribution in [0, 0.1) is 5.92 Å². The molecule has 0 unspecified atom stereocenters. The lowest BCUT2D eigenvalue weighted by Gasteiger charge is -2.13. The van der Waals surface area contributed by atoms with E-state index in [9.17, 15) is 8.42 Å². The van der Waals surface area contributed by atoms with E-state index in [0.717, 1.165) is 12.0 Å². The molecule has 0 saturated heterocycles. The molecule has 4 nitrogen and oxygen atoms in total. The van der Waals surface area contributed by atoms with Gasteiger partial charge in [0.05, 0.1) is 4.90 Å². The van der Waals surface area contributed by atoms with Gasteiger partial charge in [-0.2, -0.15) is 0 Å². The van der Waals surface area contributed by atoms with E-state index in [2.05, 4.69) is 10.0 Å². The fraction of sp³-hybridized carbons (Fsp3) is 0.600. The number of nitrogens with one attached hydrogen (secondary N) is 2. The van der Waals surface area contributed by atoms with Gasteiger partial charge in [0.2, 0.25) is 10.0 Å². The average Bonchev–Trinajstić information content (AvgIpc) is 2.92. The highest BCUT2D eigenvalue weighted by Crippen LogP contribution is 2.27. The number of sulfonamides is 1. The Bertz CT molecular complexity index is 522. The number of hydrogen-bond acceptors (Lipinski definition) is 3. The molecular weight excluding hydrogens is 272 g/mol. The van der Waals surface area contributed by atoms with Crippen molar-refractivity contribution in [1.82, 2.24) is 10.0 Å². The van der Waals surface area contributed by atoms with E-state index < -0.39 is 10.0 Å². The van der Waals surface area contributed by atoms with E-state index in [4.69, 9.17) is 0 Å². The lowest BCUT2D eigenvalue weighted by molar-refractivity contribution is 0.495. The molecule has 0 aliphatic heterocycles. The van der Waals surface area contributed by atoms with E-state index in [1.165, 1.54) is 25.7 Å². The van der Waals surface area contributed by atoms with Crippen LogP contribution in [0.2, 0.25) is 0 Å². The Kier molecular flexibility index (Phi) is 5.57. The average molecular weight is 296 g/mol. The summed E-state index contributed by atoms with van der Waals surface area (Å²) in [5, 5.41) is 3.01. The van der Waals surface area contributed by atoms with Crippen LogP contribution in [0.5, 0.6) is 0 Å². The maximum absolute atomic E-state index is 12.4. The zero-order valence-electron chi connectivity index (χ0n) is 12.1. The summed E-state index contributed by atoms with van der Waals surface area (Å²) in [6.45, 7) is 1.10. The molecule has 1 saturated carbocycles. The van der Waals surface area contributed by atoms with Crippen molar-refractivity contribution in [3.8, 4) is 0 Å². The molecule has 2 N–H and O–H groups in total. The van der Waals surface area contributed by atoms with Crippen LogP contribution < -0.4 is 10.0 Å². The van der Waals surface area contributed by atoms with Gasteiger partial charge >= 0.3 is 0 Å². The second kappa shape index (κ2) is 7.20. The van der Waals surface area contributed by atoms with Gasteiger partial charge in [0.15, 0.2) is 0 Å². The molecule has 1 fully saturated rings. The molecule has 2 rings (SSSR count). The minimum atomic E-state index is -3.39. The first kappa shape index (κ1) is 15.5. The molecular formula is C15H24N2O2S. The Balaban J connectivity index is 1.98. The summed E-state index contributed by atoms with van der Waals surface area (Å²) < 4.78 is 27.5. The van der Waals surface area contributed by atoms with Crippen molar-refractivity contribution in [2.24, 2.45) is 5.92 Å². The number of benzene rings is 1. The van der Waals surface area contributed by atoms with Crippen LogP contribution >= 0.6 is 0 Å². The van der Waals surface area contributed by atoms with Gasteiger partial charge in [0.1, 0.15) is 0 Å². The fourth-order valence-electron chi connectivity index (χ4n) is 2.88. The van der Waals surface area contributed by atoms with E-state index >= 15 is 0 Å². The van der Waals surface area contributed by atoms with Crippen molar-refractivity contribution in [3.05, 3.63) is 29.8 Å². The number of rotatable bonds is 7. The van der Waals surface area contributed by atoms with Crippen molar-refractivity contribution in [2.45, 2.75) is 43.5 Å². The van der Waals surface area contributed by atoms with Crippen molar-refractivity contribution < 1.29 is 8.42 Å². The van der Waals surface area contributed by atoms with Crippen molar-refractivity contribution in [3.63, 3.8) is 0 Å². The molecule has 20 heavy (non-hydrogen) atoms. The predicted molar refractivity (Wildman–Crippen MR) is 81.0 cm³/mol. The lowest BCUT2D eigenvalue weighted by Crippen LogP contribution is -2.27. The monoisotopic (exact) mass is 296 g/mol. The molecule has 112 valence electrons. The zero-order chi connectivity index (χ0) is 14.4. The van der Waals surface area contributed by atoms with Gasteiger partial charge in [-0.1, -0.05) is 43.9 Å². The maximum Gasteiger partial charge on any atom is 0.240 e. The van der Waals surface area contributed by atoms with Crippen LogP contribution in [0.1, 0.15) is 37.7 Å². The normalized spacial score (nSPS) is 16.6. The van der Waals surface area contributed by atoms with Crippen LogP contribution in [-0.2, 0) is 16.6 Å². The highest BCUT2D eigenvalue weighted by molar-refractivity contribution is 7.89. The van der Waals surface area contributed by atoms with Gasteiger partial charge in [-0.3, -0.25) is 0 Å². The summed E-state index contributed by atoms with van der Waals surface area (Å²) >= 11 is 0. The number of hydrogen-bond donors (Lipinski definition) is 2. The van der Waals surface area contributed by atoms with Crippen molar-refractivity contribution >= 4 is 10.0 Å². The van der Waals surface area contributed by atoms with Crippen molar-refractivity contribution in [1.29, 1.82) is 0 Å².